The van der Waals surface area contributed by atoms with Crippen molar-refractivity contribution < 1.29 is 4.42 Å². The van der Waals surface area contributed by atoms with Gasteiger partial charge >= 0.3 is 0 Å². The summed E-state index contributed by atoms with van der Waals surface area (Å²) in [5.41, 5.74) is 3.63. The highest BCUT2D eigenvalue weighted by Crippen LogP contribution is 2.07. The fraction of sp³-hybridized carbons (Fsp3) is 0.444. The van der Waals surface area contributed by atoms with Crippen LogP contribution >= 0.6 is 0 Å². The molecule has 2 rings (SSSR count). The van der Waals surface area contributed by atoms with E-state index in [0.717, 1.165) is 36.8 Å². The number of aryl methyl sites for hydroxylation is 3. The Morgan fingerprint density at radius 1 is 1.13 bits per heavy atom. The molecule has 2 aromatic rings. The third kappa shape index (κ3) is 5.13. The van der Waals surface area contributed by atoms with Crippen molar-refractivity contribution in [1.29, 1.82) is 0 Å². The Balaban J connectivity index is 1.76. The fourth-order valence-electron chi connectivity index (χ4n) is 2.26. The Kier molecular flexibility index (Phi) is 6.20. The summed E-state index contributed by atoms with van der Waals surface area (Å²) in [5.74, 6) is 2.29. The van der Waals surface area contributed by atoms with E-state index in [1.807, 2.05) is 13.8 Å². The van der Waals surface area contributed by atoms with Gasteiger partial charge in [-0.1, -0.05) is 31.2 Å². The van der Waals surface area contributed by atoms with Crippen molar-refractivity contribution >= 4 is 5.96 Å². The first kappa shape index (κ1) is 17.1. The summed E-state index contributed by atoms with van der Waals surface area (Å²) < 4.78 is 5.55. The highest BCUT2D eigenvalue weighted by Gasteiger charge is 2.06. The van der Waals surface area contributed by atoms with Crippen LogP contribution in [0.4, 0.5) is 0 Å². The maximum Gasteiger partial charge on any atom is 0.214 e. The van der Waals surface area contributed by atoms with Gasteiger partial charge in [0.15, 0.2) is 5.96 Å². The lowest BCUT2D eigenvalue weighted by molar-refractivity contribution is 0.464. The second-order valence-electron chi connectivity index (χ2n) is 5.52. The number of rotatable bonds is 6. The van der Waals surface area contributed by atoms with Gasteiger partial charge in [0, 0.05) is 13.6 Å². The van der Waals surface area contributed by atoms with Gasteiger partial charge in [0.1, 0.15) is 5.76 Å². The van der Waals surface area contributed by atoms with Gasteiger partial charge in [0.25, 0.3) is 0 Å². The van der Waals surface area contributed by atoms with E-state index in [1.165, 1.54) is 11.1 Å². The number of hydrogen-bond donors (Lipinski definition) is 2. The van der Waals surface area contributed by atoms with Crippen LogP contribution in [-0.2, 0) is 19.4 Å². The summed E-state index contributed by atoms with van der Waals surface area (Å²) in [5, 5.41) is 6.52. The average molecular weight is 314 g/mol. The highest BCUT2D eigenvalue weighted by atomic mass is 16.4. The summed E-state index contributed by atoms with van der Waals surface area (Å²) in [7, 11) is 1.76. The van der Waals surface area contributed by atoms with Crippen LogP contribution in [0.1, 0.15) is 35.4 Å². The number of aromatic nitrogens is 1. The van der Waals surface area contributed by atoms with E-state index in [9.17, 15) is 0 Å². The average Bonchev–Trinajstić information content (AvgIpc) is 2.89. The molecule has 1 aromatic carbocycles. The van der Waals surface area contributed by atoms with Crippen molar-refractivity contribution in [3.05, 3.63) is 52.7 Å². The normalized spacial score (nSPS) is 11.6. The third-order valence-electron chi connectivity index (χ3n) is 3.84. The minimum Gasteiger partial charge on any atom is -0.444 e. The predicted molar refractivity (Wildman–Crippen MR) is 93.7 cm³/mol. The molecule has 5 heteroatoms. The lowest BCUT2D eigenvalue weighted by Crippen LogP contribution is -2.37. The van der Waals surface area contributed by atoms with Crippen LogP contribution in [0.25, 0.3) is 0 Å². The second kappa shape index (κ2) is 8.36. The minimum absolute atomic E-state index is 0.527. The van der Waals surface area contributed by atoms with Crippen molar-refractivity contribution in [3.8, 4) is 0 Å². The molecule has 0 saturated carbocycles. The topological polar surface area (TPSA) is 62.5 Å². The monoisotopic (exact) mass is 314 g/mol. The highest BCUT2D eigenvalue weighted by molar-refractivity contribution is 5.79. The van der Waals surface area contributed by atoms with Crippen molar-refractivity contribution in [2.75, 3.05) is 13.6 Å². The number of nitrogens with one attached hydrogen (secondary N) is 2. The molecule has 0 aliphatic heterocycles. The summed E-state index contributed by atoms with van der Waals surface area (Å²) in [4.78, 5) is 8.56. The van der Waals surface area contributed by atoms with E-state index in [0.29, 0.717) is 12.4 Å². The van der Waals surface area contributed by atoms with E-state index < -0.39 is 0 Å². The molecule has 0 fully saturated rings. The predicted octanol–water partition coefficient (Wildman–Crippen LogP) is 2.76. The van der Waals surface area contributed by atoms with E-state index in [1.54, 1.807) is 7.05 Å². The second-order valence-corrected chi connectivity index (χ2v) is 5.52. The summed E-state index contributed by atoms with van der Waals surface area (Å²) in [6.45, 7) is 7.39. The Morgan fingerprint density at radius 3 is 2.39 bits per heavy atom. The van der Waals surface area contributed by atoms with Crippen LogP contribution in [-0.4, -0.2) is 24.5 Å². The first-order valence-electron chi connectivity index (χ1n) is 8.07. The van der Waals surface area contributed by atoms with Gasteiger partial charge in [-0.15, -0.1) is 0 Å². The maximum atomic E-state index is 5.55. The van der Waals surface area contributed by atoms with Crippen LogP contribution in [0.3, 0.4) is 0 Å². The summed E-state index contributed by atoms with van der Waals surface area (Å²) in [6, 6.07) is 8.76. The zero-order valence-corrected chi connectivity index (χ0v) is 14.4. The molecule has 1 aromatic heterocycles. The number of aliphatic imine (C=N–C) groups is 1. The van der Waals surface area contributed by atoms with Crippen molar-refractivity contribution in [3.63, 3.8) is 0 Å². The van der Waals surface area contributed by atoms with Gasteiger partial charge in [0.2, 0.25) is 5.89 Å². The van der Waals surface area contributed by atoms with Gasteiger partial charge in [0.05, 0.1) is 12.2 Å². The third-order valence-corrected chi connectivity index (χ3v) is 3.84. The standard InChI is InChI=1S/C18H26N4O/c1-5-15-6-8-16(9-7-15)10-11-20-18(19-4)21-12-17-22-13(2)14(3)23-17/h6-9H,5,10-12H2,1-4H3,(H2,19,20,21). The van der Waals surface area contributed by atoms with E-state index in [4.69, 9.17) is 4.42 Å². The lowest BCUT2D eigenvalue weighted by atomic mass is 10.1. The smallest absolute Gasteiger partial charge is 0.214 e. The molecule has 0 amide bonds. The Hall–Kier alpha value is -2.30. The van der Waals surface area contributed by atoms with Crippen LogP contribution in [0.5, 0.6) is 0 Å². The largest absolute Gasteiger partial charge is 0.444 e. The number of guanidine groups is 1. The molecule has 124 valence electrons. The zero-order chi connectivity index (χ0) is 16.7. The first-order valence-corrected chi connectivity index (χ1v) is 8.07. The molecule has 5 nitrogen and oxygen atoms in total. The molecule has 2 N–H and O–H groups in total. The molecule has 0 radical (unpaired) electrons. The van der Waals surface area contributed by atoms with Crippen LogP contribution in [0.2, 0.25) is 0 Å². The van der Waals surface area contributed by atoms with Gasteiger partial charge < -0.3 is 15.1 Å². The molecule has 0 unspecified atom stereocenters. The van der Waals surface area contributed by atoms with Gasteiger partial charge in [-0.05, 0) is 37.8 Å². The molecule has 0 saturated heterocycles. The van der Waals surface area contributed by atoms with E-state index in [2.05, 4.69) is 51.8 Å². The molecule has 0 bridgehead atoms. The van der Waals surface area contributed by atoms with Crippen LogP contribution in [0.15, 0.2) is 33.7 Å². The van der Waals surface area contributed by atoms with Gasteiger partial charge in [-0.2, -0.15) is 0 Å². The summed E-state index contributed by atoms with van der Waals surface area (Å²) in [6.07, 6.45) is 2.04. The van der Waals surface area contributed by atoms with Crippen LogP contribution < -0.4 is 10.6 Å². The van der Waals surface area contributed by atoms with Gasteiger partial charge in [-0.25, -0.2) is 4.98 Å². The molecule has 1 heterocycles. The number of oxazole rings is 1. The van der Waals surface area contributed by atoms with Crippen LogP contribution in [0, 0.1) is 13.8 Å². The minimum atomic E-state index is 0.527. The zero-order valence-electron chi connectivity index (χ0n) is 14.4. The molecule has 23 heavy (non-hydrogen) atoms. The molecule has 0 aliphatic carbocycles. The van der Waals surface area contributed by atoms with E-state index >= 15 is 0 Å². The van der Waals surface area contributed by atoms with Crippen molar-refractivity contribution in [2.45, 2.75) is 40.2 Å². The molecule has 0 spiro atoms. The Morgan fingerprint density at radius 2 is 1.83 bits per heavy atom. The molecule has 0 atom stereocenters. The van der Waals surface area contributed by atoms with Gasteiger partial charge in [-0.3, -0.25) is 4.99 Å². The number of benzene rings is 1. The Bertz CT molecular complexity index is 624. The number of hydrogen-bond acceptors (Lipinski definition) is 3. The first-order chi connectivity index (χ1) is 11.1. The Labute approximate surface area is 138 Å². The molecule has 0 aliphatic rings. The molecular weight excluding hydrogens is 288 g/mol. The van der Waals surface area contributed by atoms with Crippen molar-refractivity contribution in [2.24, 2.45) is 4.99 Å². The maximum absolute atomic E-state index is 5.55. The van der Waals surface area contributed by atoms with E-state index in [-0.39, 0.29) is 0 Å². The van der Waals surface area contributed by atoms with Crippen molar-refractivity contribution in [1.82, 2.24) is 15.6 Å². The summed E-state index contributed by atoms with van der Waals surface area (Å²) >= 11 is 0. The SMILES string of the molecule is CCc1ccc(CCNC(=NC)NCc2nc(C)c(C)o2)cc1. The lowest BCUT2D eigenvalue weighted by Gasteiger charge is -2.10. The number of nitrogens with zero attached hydrogens (tertiary/aromatic N) is 2. The fourth-order valence-corrected chi connectivity index (χ4v) is 2.26. The quantitative estimate of drug-likeness (QED) is 0.636. The molecular formula is C18H26N4O.